The molecule has 4 amide bonds. The fourth-order valence-electron chi connectivity index (χ4n) is 4.14. The van der Waals surface area contributed by atoms with Gasteiger partial charge in [0.1, 0.15) is 0 Å². The molecule has 0 saturated carbocycles. The number of fused-ring (bicyclic) bond motifs is 2. The fraction of sp³-hybridized carbons (Fsp3) is 0.172. The van der Waals surface area contributed by atoms with Crippen molar-refractivity contribution in [2.45, 2.75) is 32.1 Å². The second-order valence-corrected chi connectivity index (χ2v) is 8.68. The van der Waals surface area contributed by atoms with Gasteiger partial charge in [-0.25, -0.2) is 0 Å². The van der Waals surface area contributed by atoms with Gasteiger partial charge in [0.25, 0.3) is 0 Å². The summed E-state index contributed by atoms with van der Waals surface area (Å²) in [7, 11) is 0. The van der Waals surface area contributed by atoms with Crippen molar-refractivity contribution in [3.05, 3.63) is 96.1 Å². The van der Waals surface area contributed by atoms with Gasteiger partial charge in [0.05, 0.1) is 12.8 Å². The molecule has 4 rings (SSSR count). The predicted octanol–water partition coefficient (Wildman–Crippen LogP) is 3.24. The van der Waals surface area contributed by atoms with Crippen molar-refractivity contribution in [2.24, 2.45) is 0 Å². The molecule has 4 N–H and O–H groups in total. The zero-order chi connectivity index (χ0) is 26.0. The summed E-state index contributed by atoms with van der Waals surface area (Å²) < 4.78 is 0. The molecule has 0 aliphatic carbocycles. The molecule has 0 saturated heterocycles. The van der Waals surface area contributed by atoms with Gasteiger partial charge in [-0.15, -0.1) is 0 Å². The van der Waals surface area contributed by atoms with Gasteiger partial charge in [0, 0.05) is 12.8 Å². The van der Waals surface area contributed by atoms with Gasteiger partial charge in [-0.2, -0.15) is 0 Å². The normalized spacial score (nSPS) is 10.6. The molecule has 0 fully saturated rings. The summed E-state index contributed by atoms with van der Waals surface area (Å²) in [5.74, 6) is -1.48. The van der Waals surface area contributed by atoms with E-state index in [9.17, 15) is 19.2 Å². The van der Waals surface area contributed by atoms with E-state index in [1.165, 1.54) is 0 Å². The van der Waals surface area contributed by atoms with Crippen LogP contribution in [-0.4, -0.2) is 23.6 Å². The molecule has 0 radical (unpaired) electrons. The SMILES string of the molecule is O=C(CCCC(=O)NNC(=O)Cc1cccc2ccccc12)NNC(=O)Cc1cccc2ccccc12. The molecule has 4 aromatic carbocycles. The van der Waals surface area contributed by atoms with Crippen molar-refractivity contribution in [1.29, 1.82) is 0 Å². The Bertz CT molecular complexity index is 1330. The lowest BCUT2D eigenvalue weighted by atomic mass is 10.0. The maximum atomic E-state index is 12.3. The Hall–Kier alpha value is -4.72. The van der Waals surface area contributed by atoms with Gasteiger partial charge in [0.15, 0.2) is 0 Å². The number of hydrogen-bond donors (Lipinski definition) is 4. The maximum absolute atomic E-state index is 12.3. The third-order valence-electron chi connectivity index (χ3n) is 5.95. The summed E-state index contributed by atoms with van der Waals surface area (Å²) in [4.78, 5) is 48.6. The highest BCUT2D eigenvalue weighted by molar-refractivity contribution is 5.92. The van der Waals surface area contributed by atoms with Crippen LogP contribution in [-0.2, 0) is 32.0 Å². The lowest BCUT2D eigenvalue weighted by Crippen LogP contribution is -2.43. The van der Waals surface area contributed by atoms with Gasteiger partial charge in [-0.1, -0.05) is 84.9 Å². The van der Waals surface area contributed by atoms with Crippen LogP contribution in [0.25, 0.3) is 21.5 Å². The van der Waals surface area contributed by atoms with Crippen molar-refractivity contribution >= 4 is 45.2 Å². The van der Waals surface area contributed by atoms with Crippen LogP contribution in [0.5, 0.6) is 0 Å². The molecule has 0 spiro atoms. The molecule has 8 heteroatoms. The Morgan fingerprint density at radius 2 is 0.838 bits per heavy atom. The molecular weight excluding hydrogens is 468 g/mol. The molecule has 0 aliphatic heterocycles. The molecule has 0 aliphatic rings. The Balaban J connectivity index is 1.13. The molecule has 0 aromatic heterocycles. The van der Waals surface area contributed by atoms with Crippen molar-refractivity contribution in [3.8, 4) is 0 Å². The summed E-state index contributed by atoms with van der Waals surface area (Å²) in [6.45, 7) is 0. The van der Waals surface area contributed by atoms with E-state index in [1.807, 2.05) is 84.9 Å². The number of rotatable bonds is 8. The number of nitrogens with one attached hydrogen (secondary N) is 4. The molecular formula is C29H28N4O4. The summed E-state index contributed by atoms with van der Waals surface area (Å²) >= 11 is 0. The zero-order valence-corrected chi connectivity index (χ0v) is 20.3. The molecule has 4 aromatic rings. The number of amides is 4. The van der Waals surface area contributed by atoms with Crippen LogP contribution in [0.1, 0.15) is 30.4 Å². The first kappa shape index (κ1) is 25.4. The predicted molar refractivity (Wildman–Crippen MR) is 142 cm³/mol. The van der Waals surface area contributed by atoms with Gasteiger partial charge in [-0.3, -0.25) is 40.9 Å². The van der Waals surface area contributed by atoms with E-state index in [2.05, 4.69) is 21.7 Å². The average Bonchev–Trinajstić information content (AvgIpc) is 2.91. The first-order valence-electron chi connectivity index (χ1n) is 12.1. The van der Waals surface area contributed by atoms with Crippen molar-refractivity contribution < 1.29 is 19.2 Å². The highest BCUT2D eigenvalue weighted by atomic mass is 16.2. The third-order valence-corrected chi connectivity index (χ3v) is 5.95. The molecule has 0 heterocycles. The standard InChI is InChI=1S/C29H28N4O4/c34-26(30-32-28(36)18-22-12-5-10-20-8-1-3-14-24(20)22)16-7-17-27(35)31-33-29(37)19-23-13-6-11-21-9-2-4-15-25(21)23/h1-6,8-15H,7,16-19H2,(H,30,34)(H,31,35)(H,32,36)(H,33,37). The zero-order valence-electron chi connectivity index (χ0n) is 20.3. The third kappa shape index (κ3) is 7.14. The Kier molecular flexibility index (Phi) is 8.44. The first-order chi connectivity index (χ1) is 18.0. The highest BCUT2D eigenvalue weighted by Gasteiger charge is 2.11. The molecule has 0 unspecified atom stereocenters. The Labute approximate surface area is 214 Å². The Morgan fingerprint density at radius 1 is 0.459 bits per heavy atom. The maximum Gasteiger partial charge on any atom is 0.242 e. The second-order valence-electron chi connectivity index (χ2n) is 8.68. The van der Waals surface area contributed by atoms with E-state index in [-0.39, 0.29) is 43.9 Å². The van der Waals surface area contributed by atoms with Crippen molar-refractivity contribution in [3.63, 3.8) is 0 Å². The molecule has 37 heavy (non-hydrogen) atoms. The minimum atomic E-state index is -0.404. The number of carbonyl (C=O) groups excluding carboxylic acids is 4. The summed E-state index contributed by atoms with van der Waals surface area (Å²) in [5.41, 5.74) is 11.3. The van der Waals surface area contributed by atoms with Crippen LogP contribution < -0.4 is 21.7 Å². The summed E-state index contributed by atoms with van der Waals surface area (Å²) in [6.07, 6.45) is 0.610. The van der Waals surface area contributed by atoms with E-state index < -0.39 is 11.8 Å². The quantitative estimate of drug-likeness (QED) is 0.280. The second kappa shape index (κ2) is 12.3. The van der Waals surface area contributed by atoms with Crippen LogP contribution in [0.4, 0.5) is 0 Å². The molecule has 0 atom stereocenters. The Morgan fingerprint density at radius 3 is 1.30 bits per heavy atom. The number of benzene rings is 4. The van der Waals surface area contributed by atoms with Crippen LogP contribution in [0.15, 0.2) is 84.9 Å². The smallest absolute Gasteiger partial charge is 0.242 e. The number of carbonyl (C=O) groups is 4. The lowest BCUT2D eigenvalue weighted by Gasteiger charge is -2.10. The largest absolute Gasteiger partial charge is 0.273 e. The molecule has 0 bridgehead atoms. The van der Waals surface area contributed by atoms with Gasteiger partial charge in [-0.05, 0) is 39.1 Å². The summed E-state index contributed by atoms with van der Waals surface area (Å²) in [6, 6.07) is 27.1. The van der Waals surface area contributed by atoms with E-state index in [0.717, 1.165) is 32.7 Å². The van der Waals surface area contributed by atoms with Crippen LogP contribution >= 0.6 is 0 Å². The monoisotopic (exact) mass is 496 g/mol. The minimum Gasteiger partial charge on any atom is -0.273 e. The van der Waals surface area contributed by atoms with Crippen LogP contribution in [0.3, 0.4) is 0 Å². The van der Waals surface area contributed by atoms with E-state index in [1.54, 1.807) is 0 Å². The van der Waals surface area contributed by atoms with Crippen LogP contribution in [0.2, 0.25) is 0 Å². The lowest BCUT2D eigenvalue weighted by molar-refractivity contribution is -0.129. The fourth-order valence-corrected chi connectivity index (χ4v) is 4.14. The van der Waals surface area contributed by atoms with Crippen molar-refractivity contribution in [2.75, 3.05) is 0 Å². The highest BCUT2D eigenvalue weighted by Crippen LogP contribution is 2.19. The topological polar surface area (TPSA) is 116 Å². The first-order valence-corrected chi connectivity index (χ1v) is 12.1. The number of hydrogen-bond acceptors (Lipinski definition) is 4. The van der Waals surface area contributed by atoms with E-state index >= 15 is 0 Å². The van der Waals surface area contributed by atoms with E-state index in [0.29, 0.717) is 0 Å². The summed E-state index contributed by atoms with van der Waals surface area (Å²) in [5, 5.41) is 4.06. The van der Waals surface area contributed by atoms with Crippen LogP contribution in [0, 0.1) is 0 Å². The molecule has 8 nitrogen and oxygen atoms in total. The van der Waals surface area contributed by atoms with Gasteiger partial charge < -0.3 is 0 Å². The average molecular weight is 497 g/mol. The van der Waals surface area contributed by atoms with Gasteiger partial charge in [0.2, 0.25) is 23.6 Å². The number of hydrazine groups is 2. The van der Waals surface area contributed by atoms with Gasteiger partial charge >= 0.3 is 0 Å². The van der Waals surface area contributed by atoms with Crippen molar-refractivity contribution in [1.82, 2.24) is 21.7 Å². The van der Waals surface area contributed by atoms with E-state index in [4.69, 9.17) is 0 Å². The minimum absolute atomic E-state index is 0.0475. The molecule has 188 valence electrons.